The van der Waals surface area contributed by atoms with E-state index in [0.717, 1.165) is 11.1 Å². The fourth-order valence-electron chi connectivity index (χ4n) is 4.19. The van der Waals surface area contributed by atoms with E-state index in [1.165, 1.54) is 0 Å². The van der Waals surface area contributed by atoms with E-state index in [1.807, 2.05) is 0 Å². The lowest BCUT2D eigenvalue weighted by molar-refractivity contribution is -0.138. The van der Waals surface area contributed by atoms with E-state index < -0.39 is 11.9 Å². The molecule has 0 aliphatic carbocycles. The lowest BCUT2D eigenvalue weighted by Gasteiger charge is -2.13. The second kappa shape index (κ2) is 13.7. The van der Waals surface area contributed by atoms with Crippen molar-refractivity contribution in [2.75, 3.05) is 11.5 Å². The molecule has 0 saturated carbocycles. The first-order valence-corrected chi connectivity index (χ1v) is 13.2. The van der Waals surface area contributed by atoms with Crippen molar-refractivity contribution in [3.05, 3.63) is 96.1 Å². The Hall–Kier alpha value is -5.18. The second-order valence-corrected chi connectivity index (χ2v) is 9.48. The topological polar surface area (TPSA) is 154 Å². The molecule has 4 rings (SSSR count). The van der Waals surface area contributed by atoms with Gasteiger partial charge in [0.05, 0.1) is 0 Å². The lowest BCUT2D eigenvalue weighted by atomic mass is 10.1. The highest BCUT2D eigenvalue weighted by atomic mass is 16.5. The van der Waals surface area contributed by atoms with Gasteiger partial charge in [-0.05, 0) is 122 Å². The van der Waals surface area contributed by atoms with Crippen LogP contribution < -0.4 is 25.7 Å². The van der Waals surface area contributed by atoms with Crippen molar-refractivity contribution in [1.82, 2.24) is 0 Å². The molecule has 0 aliphatic rings. The maximum atomic E-state index is 10.9. The maximum absolute atomic E-state index is 10.9. The molecule has 0 spiro atoms. The van der Waals surface area contributed by atoms with Crippen molar-refractivity contribution in [3.63, 3.8) is 0 Å². The van der Waals surface area contributed by atoms with Crippen molar-refractivity contribution in [3.8, 4) is 34.5 Å². The minimum atomic E-state index is -0.838. The largest absolute Gasteiger partial charge is 0.481 e. The molecule has 9 heteroatoms. The molecule has 0 atom stereocenters. The van der Waals surface area contributed by atoms with Gasteiger partial charge in [-0.3, -0.25) is 9.59 Å². The third-order valence-electron chi connectivity index (χ3n) is 6.18. The fourth-order valence-corrected chi connectivity index (χ4v) is 4.19. The van der Waals surface area contributed by atoms with Gasteiger partial charge in [-0.25, -0.2) is 0 Å². The van der Waals surface area contributed by atoms with Gasteiger partial charge in [-0.15, -0.1) is 0 Å². The molecule has 41 heavy (non-hydrogen) atoms. The maximum Gasteiger partial charge on any atom is 0.303 e. The number of nitrogen functional groups attached to an aromatic ring is 2. The normalized spacial score (nSPS) is 10.6. The van der Waals surface area contributed by atoms with Gasteiger partial charge in [0.2, 0.25) is 0 Å². The van der Waals surface area contributed by atoms with Crippen LogP contribution in [-0.4, -0.2) is 22.2 Å². The molecule has 212 valence electrons. The van der Waals surface area contributed by atoms with Crippen LogP contribution in [0.4, 0.5) is 11.4 Å². The van der Waals surface area contributed by atoms with Gasteiger partial charge >= 0.3 is 11.9 Å². The molecule has 0 unspecified atom stereocenters. The van der Waals surface area contributed by atoms with Gasteiger partial charge < -0.3 is 35.9 Å². The molecule has 4 aromatic rings. The van der Waals surface area contributed by atoms with Crippen LogP contribution in [0, 0.1) is 0 Å². The molecule has 0 bridgehead atoms. The summed E-state index contributed by atoms with van der Waals surface area (Å²) in [4.78, 5) is 21.7. The molecule has 9 nitrogen and oxygen atoms in total. The molecule has 0 amide bonds. The highest BCUT2D eigenvalue weighted by molar-refractivity contribution is 5.67. The number of anilines is 2. The SMILES string of the molecule is Nc1ccc(Oc2ccc(Oc3ccc(Oc4ccc(N)cc4CCCC(=O)O)cc3)cc2)c(CCCC(=O)O)c1. The Balaban J connectivity index is 1.36. The van der Waals surface area contributed by atoms with Crippen LogP contribution in [0.5, 0.6) is 34.5 Å². The Morgan fingerprint density at radius 1 is 0.537 bits per heavy atom. The number of hydrogen-bond acceptors (Lipinski definition) is 7. The number of nitrogens with two attached hydrogens (primary N) is 2. The minimum absolute atomic E-state index is 0.0738. The van der Waals surface area contributed by atoms with E-state index in [2.05, 4.69) is 0 Å². The van der Waals surface area contributed by atoms with Gasteiger partial charge in [0.15, 0.2) is 0 Å². The molecule has 0 radical (unpaired) electrons. The number of aryl methyl sites for hydroxylation is 2. The third kappa shape index (κ3) is 8.93. The van der Waals surface area contributed by atoms with E-state index in [1.54, 1.807) is 84.9 Å². The number of hydrogen-bond donors (Lipinski definition) is 4. The molecular formula is C32H32N2O7. The van der Waals surface area contributed by atoms with E-state index in [0.29, 0.717) is 71.6 Å². The van der Waals surface area contributed by atoms with E-state index in [4.69, 9.17) is 35.9 Å². The van der Waals surface area contributed by atoms with Crippen LogP contribution >= 0.6 is 0 Å². The predicted molar refractivity (Wildman–Crippen MR) is 156 cm³/mol. The summed E-state index contributed by atoms with van der Waals surface area (Å²) in [6.45, 7) is 0. The van der Waals surface area contributed by atoms with Crippen molar-refractivity contribution in [1.29, 1.82) is 0 Å². The predicted octanol–water partition coefficient (Wildman–Crippen LogP) is 7.04. The summed E-state index contributed by atoms with van der Waals surface area (Å²) in [5.74, 6) is 2.01. The summed E-state index contributed by atoms with van der Waals surface area (Å²) in [7, 11) is 0. The average Bonchev–Trinajstić information content (AvgIpc) is 2.93. The molecule has 0 heterocycles. The summed E-state index contributed by atoms with van der Waals surface area (Å²) in [6.07, 6.45) is 2.20. The van der Waals surface area contributed by atoms with E-state index in [-0.39, 0.29) is 12.8 Å². The standard InChI is InChI=1S/C32H32N2O7/c33-23-7-17-29(21(19-23)3-1-5-31(35)36)40-27-13-9-25(10-14-27)39-26-11-15-28(16-12-26)41-30-18-8-24(34)20-22(30)4-2-6-32(37)38/h7-20H,1-6,33-34H2,(H,35,36)(H,37,38). The Morgan fingerprint density at radius 3 is 1.22 bits per heavy atom. The number of rotatable bonds is 14. The molecule has 0 fully saturated rings. The van der Waals surface area contributed by atoms with Crippen LogP contribution in [0.3, 0.4) is 0 Å². The van der Waals surface area contributed by atoms with Crippen molar-refractivity contribution < 1.29 is 34.0 Å². The van der Waals surface area contributed by atoms with Crippen molar-refractivity contribution in [2.24, 2.45) is 0 Å². The van der Waals surface area contributed by atoms with Gasteiger partial charge in [-0.1, -0.05) is 0 Å². The van der Waals surface area contributed by atoms with Crippen LogP contribution in [0.2, 0.25) is 0 Å². The Morgan fingerprint density at radius 2 is 0.878 bits per heavy atom. The highest BCUT2D eigenvalue weighted by Crippen LogP contribution is 2.33. The van der Waals surface area contributed by atoms with Crippen LogP contribution in [0.25, 0.3) is 0 Å². The van der Waals surface area contributed by atoms with Crippen LogP contribution in [0.1, 0.15) is 36.8 Å². The summed E-state index contributed by atoms with van der Waals surface area (Å²) in [6, 6.07) is 25.0. The summed E-state index contributed by atoms with van der Waals surface area (Å²) in [5, 5.41) is 17.8. The Bertz CT molecular complexity index is 1370. The summed E-state index contributed by atoms with van der Waals surface area (Å²) >= 11 is 0. The smallest absolute Gasteiger partial charge is 0.303 e. The van der Waals surface area contributed by atoms with Crippen LogP contribution in [0.15, 0.2) is 84.9 Å². The molecular weight excluding hydrogens is 524 g/mol. The minimum Gasteiger partial charge on any atom is -0.481 e. The number of benzene rings is 4. The average molecular weight is 557 g/mol. The number of aliphatic carboxylic acids is 2. The zero-order chi connectivity index (χ0) is 29.2. The molecule has 0 aromatic heterocycles. The first kappa shape index (κ1) is 28.8. The Kier molecular flexibility index (Phi) is 9.66. The number of ether oxygens (including phenoxy) is 3. The van der Waals surface area contributed by atoms with Crippen molar-refractivity contribution >= 4 is 23.3 Å². The van der Waals surface area contributed by atoms with Crippen molar-refractivity contribution in [2.45, 2.75) is 38.5 Å². The molecule has 0 saturated heterocycles. The molecule has 0 aliphatic heterocycles. The van der Waals surface area contributed by atoms with Crippen LogP contribution in [-0.2, 0) is 22.4 Å². The van der Waals surface area contributed by atoms with E-state index in [9.17, 15) is 9.59 Å². The van der Waals surface area contributed by atoms with Gasteiger partial charge in [-0.2, -0.15) is 0 Å². The fraction of sp³-hybridized carbons (Fsp3) is 0.188. The quantitative estimate of drug-likeness (QED) is 0.120. The zero-order valence-electron chi connectivity index (χ0n) is 22.4. The van der Waals surface area contributed by atoms with Gasteiger partial charge in [0.25, 0.3) is 0 Å². The third-order valence-corrected chi connectivity index (χ3v) is 6.18. The zero-order valence-corrected chi connectivity index (χ0v) is 22.4. The summed E-state index contributed by atoms with van der Waals surface area (Å²) < 4.78 is 18.0. The Labute approximate surface area is 237 Å². The number of carboxylic acid groups (broad SMARTS) is 2. The van der Waals surface area contributed by atoms with Gasteiger partial charge in [0.1, 0.15) is 34.5 Å². The highest BCUT2D eigenvalue weighted by Gasteiger charge is 2.10. The first-order chi connectivity index (χ1) is 19.7. The lowest BCUT2D eigenvalue weighted by Crippen LogP contribution is -1.99. The second-order valence-electron chi connectivity index (χ2n) is 9.48. The number of carbonyl (C=O) groups is 2. The summed E-state index contributed by atoms with van der Waals surface area (Å²) in [5.41, 5.74) is 14.7. The first-order valence-electron chi connectivity index (χ1n) is 13.2. The van der Waals surface area contributed by atoms with Gasteiger partial charge in [0, 0.05) is 24.2 Å². The monoisotopic (exact) mass is 556 g/mol. The number of carboxylic acids is 2. The van der Waals surface area contributed by atoms with E-state index >= 15 is 0 Å². The molecule has 6 N–H and O–H groups in total. The molecule has 4 aromatic carbocycles.